The maximum absolute atomic E-state index is 8.98. The number of fused-ring (bicyclic) bond motifs is 1. The van der Waals surface area contributed by atoms with Gasteiger partial charge >= 0.3 is 0 Å². The summed E-state index contributed by atoms with van der Waals surface area (Å²) >= 11 is 0. The van der Waals surface area contributed by atoms with Crippen LogP contribution < -0.4 is 5.73 Å². The first kappa shape index (κ1) is 10.7. The van der Waals surface area contributed by atoms with Gasteiger partial charge in [-0.15, -0.1) is 0 Å². The lowest BCUT2D eigenvalue weighted by atomic mass is 9.93. The minimum absolute atomic E-state index is 0.139. The van der Waals surface area contributed by atoms with Crippen LogP contribution in [0.1, 0.15) is 24.9 Å². The quantitative estimate of drug-likeness (QED) is 0.821. The van der Waals surface area contributed by atoms with Crippen molar-refractivity contribution < 1.29 is 0 Å². The molecule has 1 heterocycles. The van der Waals surface area contributed by atoms with Crippen LogP contribution in [-0.2, 0) is 0 Å². The van der Waals surface area contributed by atoms with Gasteiger partial charge in [0.05, 0.1) is 29.3 Å². The van der Waals surface area contributed by atoms with Gasteiger partial charge in [-0.25, -0.2) is 4.98 Å². The number of nitrogens with zero attached hydrogens (tertiary/aromatic N) is 2. The number of hydrogen-bond acceptors (Lipinski definition) is 3. The zero-order valence-electron chi connectivity index (χ0n) is 9.14. The van der Waals surface area contributed by atoms with Crippen LogP contribution in [0.2, 0.25) is 0 Å². The summed E-state index contributed by atoms with van der Waals surface area (Å²) in [6.07, 6.45) is 2.42. The molecule has 0 aliphatic carbocycles. The second-order valence-corrected chi connectivity index (χ2v) is 3.85. The molecule has 0 amide bonds. The molecule has 0 saturated carbocycles. The Hall–Kier alpha value is -1.86. The molecule has 0 radical (unpaired) electrons. The summed E-state index contributed by atoms with van der Waals surface area (Å²) in [7, 11) is 0. The van der Waals surface area contributed by atoms with Crippen LogP contribution in [0.15, 0.2) is 24.5 Å². The number of H-pyrrole nitrogens is 1. The average Bonchev–Trinajstić information content (AvgIpc) is 2.77. The lowest BCUT2D eigenvalue weighted by Gasteiger charge is -2.16. The van der Waals surface area contributed by atoms with Gasteiger partial charge in [-0.05, 0) is 24.1 Å². The highest BCUT2D eigenvalue weighted by molar-refractivity contribution is 5.75. The number of benzene rings is 1. The van der Waals surface area contributed by atoms with E-state index in [0.717, 1.165) is 23.0 Å². The fraction of sp³-hybridized carbons (Fsp3) is 0.333. The summed E-state index contributed by atoms with van der Waals surface area (Å²) in [4.78, 5) is 7.18. The lowest BCUT2D eigenvalue weighted by Crippen LogP contribution is -2.19. The molecule has 0 spiro atoms. The van der Waals surface area contributed by atoms with E-state index in [1.54, 1.807) is 6.33 Å². The summed E-state index contributed by atoms with van der Waals surface area (Å²) in [5, 5.41) is 8.98. The van der Waals surface area contributed by atoms with Gasteiger partial charge in [0.1, 0.15) is 0 Å². The maximum Gasteiger partial charge on any atom is 0.0931 e. The third-order valence-electron chi connectivity index (χ3n) is 2.87. The van der Waals surface area contributed by atoms with E-state index in [-0.39, 0.29) is 12.0 Å². The molecule has 1 aromatic heterocycles. The van der Waals surface area contributed by atoms with Gasteiger partial charge in [0.25, 0.3) is 0 Å². The zero-order chi connectivity index (χ0) is 11.5. The topological polar surface area (TPSA) is 78.5 Å². The highest BCUT2D eigenvalue weighted by Crippen LogP contribution is 2.23. The average molecular weight is 214 g/mol. The molecule has 0 fully saturated rings. The Morgan fingerprint density at radius 1 is 1.56 bits per heavy atom. The maximum atomic E-state index is 8.98. The van der Waals surface area contributed by atoms with Crippen molar-refractivity contribution in [3.63, 3.8) is 0 Å². The fourth-order valence-corrected chi connectivity index (χ4v) is 1.82. The van der Waals surface area contributed by atoms with Crippen molar-refractivity contribution in [2.75, 3.05) is 0 Å². The summed E-state index contributed by atoms with van der Waals surface area (Å²) in [5.74, 6) is -0.139. The van der Waals surface area contributed by atoms with Gasteiger partial charge in [0.2, 0.25) is 0 Å². The third-order valence-corrected chi connectivity index (χ3v) is 2.87. The van der Waals surface area contributed by atoms with Gasteiger partial charge in [-0.3, -0.25) is 0 Å². The second-order valence-electron chi connectivity index (χ2n) is 3.85. The minimum Gasteiger partial charge on any atom is -0.345 e. The van der Waals surface area contributed by atoms with Crippen molar-refractivity contribution in [3.8, 4) is 6.07 Å². The van der Waals surface area contributed by atoms with Gasteiger partial charge in [-0.1, -0.05) is 13.0 Å². The monoisotopic (exact) mass is 214 g/mol. The van der Waals surface area contributed by atoms with Crippen LogP contribution in [-0.4, -0.2) is 9.97 Å². The molecular weight excluding hydrogens is 200 g/mol. The van der Waals surface area contributed by atoms with Gasteiger partial charge in [-0.2, -0.15) is 5.26 Å². The number of nitriles is 1. The molecule has 16 heavy (non-hydrogen) atoms. The SMILES string of the molecule is CCC(C#N)C(N)c1ccc2nc[nH]c2c1. The smallest absolute Gasteiger partial charge is 0.0931 e. The molecular formula is C12H14N4. The molecule has 3 N–H and O–H groups in total. The fourth-order valence-electron chi connectivity index (χ4n) is 1.82. The zero-order valence-corrected chi connectivity index (χ0v) is 9.14. The minimum atomic E-state index is -0.234. The highest BCUT2D eigenvalue weighted by atomic mass is 14.9. The van der Waals surface area contributed by atoms with Crippen LogP contribution in [0.5, 0.6) is 0 Å². The summed E-state index contributed by atoms with van der Waals surface area (Å²) in [5.41, 5.74) is 8.92. The van der Waals surface area contributed by atoms with Crippen molar-refractivity contribution in [2.45, 2.75) is 19.4 Å². The Bertz CT molecular complexity index is 523. The van der Waals surface area contributed by atoms with E-state index < -0.39 is 0 Å². The van der Waals surface area contributed by atoms with Crippen molar-refractivity contribution in [1.82, 2.24) is 9.97 Å². The predicted molar refractivity (Wildman–Crippen MR) is 62.4 cm³/mol. The van der Waals surface area contributed by atoms with E-state index in [9.17, 15) is 0 Å². The molecule has 4 heteroatoms. The molecule has 1 aromatic carbocycles. The van der Waals surface area contributed by atoms with Crippen LogP contribution in [0.4, 0.5) is 0 Å². The molecule has 2 unspecified atom stereocenters. The van der Waals surface area contributed by atoms with Gasteiger partial charge in [0, 0.05) is 6.04 Å². The molecule has 2 atom stereocenters. The molecule has 0 aliphatic heterocycles. The number of aromatic nitrogens is 2. The molecule has 82 valence electrons. The standard InChI is InChI=1S/C12H14N4/c1-2-8(6-13)12(14)9-3-4-10-11(5-9)16-7-15-10/h3-5,7-8,12H,2,14H2,1H3,(H,15,16). The van der Waals surface area contributed by atoms with Crippen LogP contribution in [0.3, 0.4) is 0 Å². The molecule has 0 aliphatic rings. The van der Waals surface area contributed by atoms with Gasteiger partial charge < -0.3 is 10.7 Å². The third kappa shape index (κ3) is 1.77. The number of rotatable bonds is 3. The first-order valence-electron chi connectivity index (χ1n) is 5.34. The van der Waals surface area contributed by atoms with Crippen LogP contribution >= 0.6 is 0 Å². The number of nitrogens with one attached hydrogen (secondary N) is 1. The second kappa shape index (κ2) is 4.33. The van der Waals surface area contributed by atoms with E-state index >= 15 is 0 Å². The van der Waals surface area contributed by atoms with E-state index in [1.165, 1.54) is 0 Å². The number of nitrogens with two attached hydrogens (primary N) is 1. The molecule has 2 aromatic rings. The number of imidazole rings is 1. The van der Waals surface area contributed by atoms with E-state index in [1.807, 2.05) is 25.1 Å². The van der Waals surface area contributed by atoms with Crippen molar-refractivity contribution >= 4 is 11.0 Å². The summed E-state index contributed by atoms with van der Waals surface area (Å²) in [6.45, 7) is 1.97. The number of hydrogen-bond donors (Lipinski definition) is 2. The van der Waals surface area contributed by atoms with E-state index in [2.05, 4.69) is 16.0 Å². The van der Waals surface area contributed by atoms with Crippen LogP contribution in [0, 0.1) is 17.2 Å². The molecule has 0 bridgehead atoms. The lowest BCUT2D eigenvalue weighted by molar-refractivity contribution is 0.518. The first-order chi connectivity index (χ1) is 7.76. The van der Waals surface area contributed by atoms with E-state index in [4.69, 9.17) is 11.0 Å². The molecule has 4 nitrogen and oxygen atoms in total. The van der Waals surface area contributed by atoms with E-state index in [0.29, 0.717) is 0 Å². The highest BCUT2D eigenvalue weighted by Gasteiger charge is 2.17. The Morgan fingerprint density at radius 2 is 2.38 bits per heavy atom. The van der Waals surface area contributed by atoms with Crippen LogP contribution in [0.25, 0.3) is 11.0 Å². The van der Waals surface area contributed by atoms with Crippen molar-refractivity contribution in [2.24, 2.45) is 11.7 Å². The largest absolute Gasteiger partial charge is 0.345 e. The first-order valence-corrected chi connectivity index (χ1v) is 5.34. The van der Waals surface area contributed by atoms with Crippen molar-refractivity contribution in [1.29, 1.82) is 5.26 Å². The predicted octanol–water partition coefficient (Wildman–Crippen LogP) is 2.11. The molecule has 2 rings (SSSR count). The Kier molecular flexibility index (Phi) is 2.88. The van der Waals surface area contributed by atoms with Gasteiger partial charge in [0.15, 0.2) is 0 Å². The van der Waals surface area contributed by atoms with Crippen molar-refractivity contribution in [3.05, 3.63) is 30.1 Å². The normalized spacial score (nSPS) is 14.6. The Balaban J connectivity index is 2.36. The summed E-state index contributed by atoms with van der Waals surface area (Å²) < 4.78 is 0. The summed E-state index contributed by atoms with van der Waals surface area (Å²) in [6, 6.07) is 7.83. The molecule has 0 saturated heterocycles. The Morgan fingerprint density at radius 3 is 3.06 bits per heavy atom. The number of aromatic amines is 1. The Labute approximate surface area is 94.1 Å².